The highest BCUT2D eigenvalue weighted by Crippen LogP contribution is 2.20. The zero-order valence-electron chi connectivity index (χ0n) is 6.71. The molecule has 0 aliphatic rings. The first-order valence-electron chi connectivity index (χ1n) is 3.48. The summed E-state index contributed by atoms with van der Waals surface area (Å²) in [5.41, 5.74) is 1.07. The largest absolute Gasteiger partial charge is 0.290 e. The lowest BCUT2D eigenvalue weighted by molar-refractivity contribution is 0.384. The molecule has 0 fully saturated rings. The molecule has 59 valence electrons. The van der Waals surface area contributed by atoms with E-state index in [1.807, 2.05) is 43.3 Å². The Morgan fingerprint density at radius 1 is 1.36 bits per heavy atom. The van der Waals surface area contributed by atoms with E-state index in [9.17, 15) is 0 Å². The van der Waals surface area contributed by atoms with E-state index in [0.717, 1.165) is 5.56 Å². The van der Waals surface area contributed by atoms with Gasteiger partial charge in [0, 0.05) is 0 Å². The molecule has 1 nitrogen and oxygen atoms in total. The third-order valence-electron chi connectivity index (χ3n) is 1.47. The topological polar surface area (TPSA) is 3.24 Å². The van der Waals surface area contributed by atoms with Crippen molar-refractivity contribution in [2.75, 3.05) is 14.1 Å². The van der Waals surface area contributed by atoms with Crippen LogP contribution in [-0.4, -0.2) is 19.0 Å². The van der Waals surface area contributed by atoms with Crippen molar-refractivity contribution in [3.63, 3.8) is 0 Å². The van der Waals surface area contributed by atoms with Crippen LogP contribution in [0, 0.1) is 6.07 Å². The van der Waals surface area contributed by atoms with Crippen LogP contribution in [0.3, 0.4) is 0 Å². The van der Waals surface area contributed by atoms with Crippen molar-refractivity contribution in [2.45, 2.75) is 5.50 Å². The third kappa shape index (κ3) is 2.21. The first-order valence-corrected chi connectivity index (χ1v) is 3.92. The molecule has 0 saturated carbocycles. The van der Waals surface area contributed by atoms with Crippen LogP contribution >= 0.6 is 11.6 Å². The Kier molecular flexibility index (Phi) is 2.92. The third-order valence-corrected chi connectivity index (χ3v) is 2.11. The second-order valence-electron chi connectivity index (χ2n) is 2.63. The molecule has 1 unspecified atom stereocenters. The Bertz CT molecular complexity index is 208. The predicted molar refractivity (Wildman–Crippen MR) is 47.6 cm³/mol. The van der Waals surface area contributed by atoms with Crippen LogP contribution in [0.2, 0.25) is 0 Å². The summed E-state index contributed by atoms with van der Waals surface area (Å²) in [6.07, 6.45) is 0. The van der Waals surface area contributed by atoms with Crippen LogP contribution in [0.5, 0.6) is 0 Å². The number of hydrogen-bond donors (Lipinski definition) is 0. The predicted octanol–water partition coefficient (Wildman–Crippen LogP) is 2.29. The van der Waals surface area contributed by atoms with Gasteiger partial charge in [0.25, 0.3) is 0 Å². The SMILES string of the molecule is CN(C)C(Cl)c1cc[c]cc1. The van der Waals surface area contributed by atoms with Gasteiger partial charge < -0.3 is 0 Å². The standard InChI is InChI=1S/C9H11ClN/c1-11(2)9(10)8-6-4-3-5-7-8/h4-7,9H,1-2H3. The Labute approximate surface area is 72.6 Å². The van der Waals surface area contributed by atoms with Gasteiger partial charge in [0.1, 0.15) is 5.50 Å². The smallest absolute Gasteiger partial charge is 0.110 e. The van der Waals surface area contributed by atoms with Crippen LogP contribution in [0.1, 0.15) is 11.1 Å². The highest BCUT2D eigenvalue weighted by Gasteiger charge is 2.07. The fourth-order valence-corrected chi connectivity index (χ4v) is 1.00. The number of benzene rings is 1. The van der Waals surface area contributed by atoms with E-state index in [1.165, 1.54) is 0 Å². The van der Waals surface area contributed by atoms with Crippen molar-refractivity contribution in [1.82, 2.24) is 4.90 Å². The van der Waals surface area contributed by atoms with E-state index >= 15 is 0 Å². The van der Waals surface area contributed by atoms with Crippen LogP contribution < -0.4 is 0 Å². The molecule has 11 heavy (non-hydrogen) atoms. The van der Waals surface area contributed by atoms with Crippen LogP contribution in [0.15, 0.2) is 24.3 Å². The highest BCUT2D eigenvalue weighted by molar-refractivity contribution is 6.20. The number of hydrogen-bond acceptors (Lipinski definition) is 1. The lowest BCUT2D eigenvalue weighted by atomic mass is 10.2. The van der Waals surface area contributed by atoms with E-state index in [-0.39, 0.29) is 5.50 Å². The van der Waals surface area contributed by atoms with Crippen LogP contribution in [-0.2, 0) is 0 Å². The van der Waals surface area contributed by atoms with Crippen molar-refractivity contribution in [3.8, 4) is 0 Å². The van der Waals surface area contributed by atoms with Crippen molar-refractivity contribution in [3.05, 3.63) is 35.9 Å². The van der Waals surface area contributed by atoms with Gasteiger partial charge in [-0.25, -0.2) is 0 Å². The molecule has 0 amide bonds. The van der Waals surface area contributed by atoms with E-state index in [4.69, 9.17) is 11.6 Å². The summed E-state index contributed by atoms with van der Waals surface area (Å²) in [4.78, 5) is 1.96. The Hall–Kier alpha value is -0.530. The number of rotatable bonds is 2. The molecule has 0 heterocycles. The summed E-state index contributed by atoms with van der Waals surface area (Å²) < 4.78 is 0. The minimum atomic E-state index is -0.0374. The number of halogens is 1. The van der Waals surface area contributed by atoms with Crippen molar-refractivity contribution in [2.24, 2.45) is 0 Å². The van der Waals surface area contributed by atoms with Crippen molar-refractivity contribution < 1.29 is 0 Å². The van der Waals surface area contributed by atoms with Gasteiger partial charge in [0.05, 0.1) is 0 Å². The minimum Gasteiger partial charge on any atom is -0.290 e. The van der Waals surface area contributed by atoms with Crippen molar-refractivity contribution in [1.29, 1.82) is 0 Å². The van der Waals surface area contributed by atoms with Crippen molar-refractivity contribution >= 4 is 11.6 Å². The van der Waals surface area contributed by atoms with Gasteiger partial charge in [-0.05, 0) is 25.7 Å². The molecule has 0 aliphatic heterocycles. The zero-order valence-corrected chi connectivity index (χ0v) is 7.47. The molecule has 0 spiro atoms. The van der Waals surface area contributed by atoms with Gasteiger partial charge in [0.2, 0.25) is 0 Å². The summed E-state index contributed by atoms with van der Waals surface area (Å²) in [5.74, 6) is 0. The fraction of sp³-hybridized carbons (Fsp3) is 0.333. The van der Waals surface area contributed by atoms with Gasteiger partial charge >= 0.3 is 0 Å². The van der Waals surface area contributed by atoms with Crippen LogP contribution in [0.25, 0.3) is 0 Å². The molecule has 0 bridgehead atoms. The van der Waals surface area contributed by atoms with Gasteiger partial charge in [-0.1, -0.05) is 24.3 Å². The number of nitrogens with zero attached hydrogens (tertiary/aromatic N) is 1. The van der Waals surface area contributed by atoms with E-state index in [1.54, 1.807) is 0 Å². The molecule has 0 aromatic heterocycles. The Balaban J connectivity index is 2.77. The molecule has 1 rings (SSSR count). The maximum absolute atomic E-state index is 6.05. The average molecular weight is 169 g/mol. The Morgan fingerprint density at radius 3 is 2.36 bits per heavy atom. The van der Waals surface area contributed by atoms with Gasteiger partial charge in [-0.3, -0.25) is 4.90 Å². The molecule has 1 aromatic rings. The van der Waals surface area contributed by atoms with E-state index < -0.39 is 0 Å². The molecule has 0 N–H and O–H groups in total. The minimum absolute atomic E-state index is 0.0374. The maximum Gasteiger partial charge on any atom is 0.110 e. The summed E-state index contributed by atoms with van der Waals surface area (Å²) in [7, 11) is 3.91. The van der Waals surface area contributed by atoms with Gasteiger partial charge in [0.15, 0.2) is 0 Å². The summed E-state index contributed by atoms with van der Waals surface area (Å²) in [6, 6.07) is 10.6. The monoisotopic (exact) mass is 168 g/mol. The highest BCUT2D eigenvalue weighted by atomic mass is 35.5. The Morgan fingerprint density at radius 2 is 1.91 bits per heavy atom. The summed E-state index contributed by atoms with van der Waals surface area (Å²) >= 11 is 6.05. The number of alkyl halides is 1. The summed E-state index contributed by atoms with van der Waals surface area (Å²) in [5, 5.41) is 0. The lowest BCUT2D eigenvalue weighted by Gasteiger charge is -2.17. The second-order valence-corrected chi connectivity index (χ2v) is 3.05. The zero-order chi connectivity index (χ0) is 8.27. The molecular weight excluding hydrogens is 158 g/mol. The van der Waals surface area contributed by atoms with Gasteiger partial charge in [-0.2, -0.15) is 0 Å². The molecule has 1 radical (unpaired) electrons. The quantitative estimate of drug-likeness (QED) is 0.484. The second kappa shape index (κ2) is 3.74. The molecule has 0 aliphatic carbocycles. The molecule has 1 atom stereocenters. The van der Waals surface area contributed by atoms with Gasteiger partial charge in [-0.15, -0.1) is 11.6 Å². The average Bonchev–Trinajstić information content (AvgIpc) is 2.05. The molecule has 2 heteroatoms. The fourth-order valence-electron chi connectivity index (χ4n) is 0.857. The van der Waals surface area contributed by atoms with Crippen LogP contribution in [0.4, 0.5) is 0 Å². The first kappa shape index (κ1) is 8.57. The maximum atomic E-state index is 6.05. The van der Waals surface area contributed by atoms with E-state index in [0.29, 0.717) is 0 Å². The molecule has 0 saturated heterocycles. The first-order chi connectivity index (χ1) is 5.22. The molecular formula is C9H11ClN. The normalized spacial score (nSPS) is 13.5. The van der Waals surface area contributed by atoms with E-state index in [2.05, 4.69) is 6.07 Å². The lowest BCUT2D eigenvalue weighted by Crippen LogP contribution is -2.14. The molecule has 1 aromatic carbocycles. The summed E-state index contributed by atoms with van der Waals surface area (Å²) in [6.45, 7) is 0.